The van der Waals surface area contributed by atoms with Crippen LogP contribution in [0.25, 0.3) is 0 Å². The summed E-state index contributed by atoms with van der Waals surface area (Å²) in [5.41, 5.74) is 0. The minimum Gasteiger partial charge on any atom is -0.0776 e. The normalized spacial score (nSPS) is 22.4. The van der Waals surface area contributed by atoms with Gasteiger partial charge in [0.2, 0.25) is 0 Å². The summed E-state index contributed by atoms with van der Waals surface area (Å²) in [7, 11) is 0. The fraction of sp³-hybridized carbons (Fsp3) is 1.00. The lowest BCUT2D eigenvalue weighted by atomic mass is 9.80. The first-order valence-electron chi connectivity index (χ1n) is 4.84. The summed E-state index contributed by atoms with van der Waals surface area (Å²) in [4.78, 5) is 0. The molecule has 1 saturated carbocycles. The van der Waals surface area contributed by atoms with E-state index >= 15 is 0 Å². The van der Waals surface area contributed by atoms with Gasteiger partial charge in [-0.2, -0.15) is 0 Å². The maximum atomic E-state index is 2.41. The van der Waals surface area contributed by atoms with Gasteiger partial charge in [-0.3, -0.25) is 0 Å². The van der Waals surface area contributed by atoms with E-state index in [0.29, 0.717) is 0 Å². The van der Waals surface area contributed by atoms with Crippen molar-refractivity contribution in [3.05, 3.63) is 0 Å². The molecule has 0 spiro atoms. The Hall–Kier alpha value is 0. The molecule has 0 N–H and O–H groups in total. The molecule has 0 amide bonds. The van der Waals surface area contributed by atoms with Crippen molar-refractivity contribution in [3.63, 3.8) is 0 Å². The zero-order chi connectivity index (χ0) is 7.40. The summed E-state index contributed by atoms with van der Waals surface area (Å²) < 4.78 is 0. The molecule has 0 radical (unpaired) electrons. The Morgan fingerprint density at radius 2 is 1.73 bits per heavy atom. The average molecular weight is 156 g/mol. The minimum atomic E-state index is 0. The van der Waals surface area contributed by atoms with E-state index in [1.165, 1.54) is 38.5 Å². The smallest absolute Gasteiger partial charge is 0.0389 e. The third kappa shape index (κ3) is 3.27. The highest BCUT2D eigenvalue weighted by atomic mass is 14.2. The summed E-state index contributed by atoms with van der Waals surface area (Å²) in [6.07, 6.45) is 8.88. The van der Waals surface area contributed by atoms with Crippen LogP contribution in [0.15, 0.2) is 0 Å². The van der Waals surface area contributed by atoms with Gasteiger partial charge in [0.05, 0.1) is 0 Å². The van der Waals surface area contributed by atoms with Gasteiger partial charge in [-0.05, 0) is 11.8 Å². The van der Waals surface area contributed by atoms with Gasteiger partial charge in [0.25, 0.3) is 0 Å². The standard InChI is InChI=1S/C10H20.CH4/c1-3-9(2)10-7-5-4-6-8-10;/h9-10H,3-8H2,1-2H3;1H4. The lowest BCUT2D eigenvalue weighted by molar-refractivity contribution is 0.258. The maximum Gasteiger partial charge on any atom is -0.0389 e. The molecule has 0 aliphatic heterocycles. The zero-order valence-corrected chi connectivity index (χ0v) is 7.40. The predicted octanol–water partition coefficient (Wildman–Crippen LogP) is 4.25. The van der Waals surface area contributed by atoms with Crippen molar-refractivity contribution in [2.24, 2.45) is 11.8 Å². The molecule has 11 heavy (non-hydrogen) atoms. The monoisotopic (exact) mass is 156 g/mol. The molecule has 1 rings (SSSR count). The van der Waals surface area contributed by atoms with E-state index in [1.54, 1.807) is 0 Å². The predicted molar refractivity (Wildman–Crippen MR) is 52.8 cm³/mol. The Kier molecular flexibility index (Phi) is 5.62. The molecule has 1 unspecified atom stereocenters. The van der Waals surface area contributed by atoms with Crippen LogP contribution in [0.2, 0.25) is 0 Å². The van der Waals surface area contributed by atoms with Crippen molar-refractivity contribution in [3.8, 4) is 0 Å². The molecular weight excluding hydrogens is 132 g/mol. The third-order valence-electron chi connectivity index (χ3n) is 3.10. The van der Waals surface area contributed by atoms with Crippen LogP contribution in [0.3, 0.4) is 0 Å². The summed E-state index contributed by atoms with van der Waals surface area (Å²) in [5.74, 6) is 2.05. The zero-order valence-electron chi connectivity index (χ0n) is 7.40. The number of rotatable bonds is 2. The summed E-state index contributed by atoms with van der Waals surface area (Å²) in [5, 5.41) is 0. The molecule has 0 aromatic rings. The van der Waals surface area contributed by atoms with E-state index in [1.807, 2.05) is 0 Å². The summed E-state index contributed by atoms with van der Waals surface area (Å²) in [6.45, 7) is 4.73. The average Bonchev–Trinajstić information content (AvgIpc) is 2.05. The Morgan fingerprint density at radius 3 is 2.18 bits per heavy atom. The Bertz CT molecular complexity index is 80.0. The van der Waals surface area contributed by atoms with Crippen molar-refractivity contribution < 1.29 is 0 Å². The second-order valence-corrected chi connectivity index (χ2v) is 3.78. The van der Waals surface area contributed by atoms with Gasteiger partial charge in [-0.25, -0.2) is 0 Å². The van der Waals surface area contributed by atoms with Crippen LogP contribution in [-0.4, -0.2) is 0 Å². The van der Waals surface area contributed by atoms with E-state index in [-0.39, 0.29) is 7.43 Å². The molecule has 0 nitrogen and oxygen atoms in total. The summed E-state index contributed by atoms with van der Waals surface area (Å²) in [6, 6.07) is 0. The van der Waals surface area contributed by atoms with Gasteiger partial charge in [0.15, 0.2) is 0 Å². The van der Waals surface area contributed by atoms with E-state index in [4.69, 9.17) is 0 Å². The van der Waals surface area contributed by atoms with E-state index < -0.39 is 0 Å². The fourth-order valence-electron chi connectivity index (χ4n) is 2.04. The molecule has 1 fully saturated rings. The molecular formula is C11H24. The molecule has 1 aliphatic rings. The topological polar surface area (TPSA) is 0 Å². The van der Waals surface area contributed by atoms with Gasteiger partial charge in [0, 0.05) is 0 Å². The highest BCUT2D eigenvalue weighted by Crippen LogP contribution is 2.30. The molecule has 0 heterocycles. The largest absolute Gasteiger partial charge is 0.0776 e. The van der Waals surface area contributed by atoms with E-state index in [0.717, 1.165) is 11.8 Å². The van der Waals surface area contributed by atoms with Crippen LogP contribution in [0, 0.1) is 11.8 Å². The van der Waals surface area contributed by atoms with Crippen LogP contribution >= 0.6 is 0 Å². The van der Waals surface area contributed by atoms with Crippen LogP contribution in [0.4, 0.5) is 0 Å². The number of hydrogen-bond donors (Lipinski definition) is 0. The van der Waals surface area contributed by atoms with Crippen molar-refractivity contribution in [2.75, 3.05) is 0 Å². The first-order valence-corrected chi connectivity index (χ1v) is 4.84. The van der Waals surface area contributed by atoms with Gasteiger partial charge in [0.1, 0.15) is 0 Å². The van der Waals surface area contributed by atoms with Crippen LogP contribution in [0.5, 0.6) is 0 Å². The lowest BCUT2D eigenvalue weighted by Gasteiger charge is -2.26. The highest BCUT2D eigenvalue weighted by Gasteiger charge is 2.17. The second kappa shape index (κ2) is 5.62. The maximum absolute atomic E-state index is 2.41. The Labute approximate surface area is 72.4 Å². The molecule has 1 atom stereocenters. The Balaban J connectivity index is 0.000001000. The molecule has 0 heteroatoms. The molecule has 0 aromatic heterocycles. The van der Waals surface area contributed by atoms with Gasteiger partial charge in [-0.1, -0.05) is 59.8 Å². The molecule has 0 bridgehead atoms. The fourth-order valence-corrected chi connectivity index (χ4v) is 2.04. The van der Waals surface area contributed by atoms with E-state index in [9.17, 15) is 0 Å². The van der Waals surface area contributed by atoms with E-state index in [2.05, 4.69) is 13.8 Å². The van der Waals surface area contributed by atoms with Gasteiger partial charge < -0.3 is 0 Å². The molecule has 68 valence electrons. The van der Waals surface area contributed by atoms with Crippen LogP contribution in [0.1, 0.15) is 59.8 Å². The van der Waals surface area contributed by atoms with Crippen molar-refractivity contribution in [2.45, 2.75) is 59.8 Å². The first kappa shape index (κ1) is 11.0. The molecule has 0 aromatic carbocycles. The molecule has 0 saturated heterocycles. The highest BCUT2D eigenvalue weighted by molar-refractivity contribution is 4.69. The molecule has 1 aliphatic carbocycles. The third-order valence-corrected chi connectivity index (χ3v) is 3.10. The van der Waals surface area contributed by atoms with Crippen molar-refractivity contribution in [1.82, 2.24) is 0 Å². The van der Waals surface area contributed by atoms with Crippen molar-refractivity contribution in [1.29, 1.82) is 0 Å². The lowest BCUT2D eigenvalue weighted by Crippen LogP contribution is -2.14. The minimum absolute atomic E-state index is 0. The van der Waals surface area contributed by atoms with Crippen LogP contribution < -0.4 is 0 Å². The SMILES string of the molecule is C.CCC(C)C1CCCCC1. The van der Waals surface area contributed by atoms with Crippen molar-refractivity contribution >= 4 is 0 Å². The Morgan fingerprint density at radius 1 is 1.18 bits per heavy atom. The quantitative estimate of drug-likeness (QED) is 0.560. The second-order valence-electron chi connectivity index (χ2n) is 3.78. The first-order chi connectivity index (χ1) is 4.84. The van der Waals surface area contributed by atoms with Gasteiger partial charge >= 0.3 is 0 Å². The number of hydrogen-bond acceptors (Lipinski definition) is 0. The van der Waals surface area contributed by atoms with Crippen LogP contribution in [-0.2, 0) is 0 Å². The van der Waals surface area contributed by atoms with Gasteiger partial charge in [-0.15, -0.1) is 0 Å². The summed E-state index contributed by atoms with van der Waals surface area (Å²) >= 11 is 0.